The molecule has 0 bridgehead atoms. The molecule has 14 heavy (non-hydrogen) atoms. The Bertz CT molecular complexity index is 305. The van der Waals surface area contributed by atoms with Gasteiger partial charge in [0.05, 0.1) is 0 Å². The van der Waals surface area contributed by atoms with Crippen molar-refractivity contribution in [1.82, 2.24) is 0 Å². The summed E-state index contributed by atoms with van der Waals surface area (Å²) in [4.78, 5) is 0. The molecule has 1 aromatic carbocycles. The number of aryl methyl sites for hydroxylation is 2. The fourth-order valence-corrected chi connectivity index (χ4v) is 1.71. The highest BCUT2D eigenvalue weighted by Crippen LogP contribution is 2.21. The smallest absolute Gasteiger partial charge is 0.129 e. The van der Waals surface area contributed by atoms with E-state index in [2.05, 4.69) is 0 Å². The van der Waals surface area contributed by atoms with Gasteiger partial charge in [0.25, 0.3) is 0 Å². The number of rotatable bonds is 3. The van der Waals surface area contributed by atoms with E-state index in [0.29, 0.717) is 6.54 Å². The van der Waals surface area contributed by atoms with Gasteiger partial charge in [-0.05, 0) is 62.4 Å². The highest BCUT2D eigenvalue weighted by Gasteiger charge is 2.10. The van der Waals surface area contributed by atoms with Crippen molar-refractivity contribution in [2.75, 3.05) is 6.54 Å². The molecule has 0 saturated carbocycles. The monoisotopic (exact) mass is 195 g/mol. The van der Waals surface area contributed by atoms with Gasteiger partial charge in [-0.3, -0.25) is 0 Å². The fourth-order valence-electron chi connectivity index (χ4n) is 1.71. The van der Waals surface area contributed by atoms with Crippen molar-refractivity contribution in [1.29, 1.82) is 0 Å². The first-order chi connectivity index (χ1) is 6.57. The molecule has 0 fully saturated rings. The number of hydrogen-bond acceptors (Lipinski definition) is 1. The topological polar surface area (TPSA) is 26.0 Å². The third kappa shape index (κ3) is 2.13. The molecule has 0 atom stereocenters. The summed E-state index contributed by atoms with van der Waals surface area (Å²) in [7, 11) is 0. The number of hydrogen-bond donors (Lipinski definition) is 1. The number of halogens is 1. The molecule has 0 radical (unpaired) electrons. The van der Waals surface area contributed by atoms with Crippen LogP contribution in [0, 0.1) is 26.6 Å². The summed E-state index contributed by atoms with van der Waals surface area (Å²) in [5.74, 6) is -0.0541. The molecule has 0 aliphatic rings. The first-order valence-electron chi connectivity index (χ1n) is 5.03. The van der Waals surface area contributed by atoms with Crippen LogP contribution >= 0.6 is 0 Å². The Morgan fingerprint density at radius 3 is 2.43 bits per heavy atom. The molecular formula is C12H18FN. The maximum absolute atomic E-state index is 13.7. The molecule has 0 aromatic heterocycles. The van der Waals surface area contributed by atoms with E-state index in [1.165, 1.54) is 0 Å². The zero-order valence-electron chi connectivity index (χ0n) is 9.15. The Hall–Kier alpha value is -0.890. The summed E-state index contributed by atoms with van der Waals surface area (Å²) in [6.07, 6.45) is 1.59. The van der Waals surface area contributed by atoms with Gasteiger partial charge in [0.2, 0.25) is 0 Å². The maximum atomic E-state index is 13.7. The fraction of sp³-hybridized carbons (Fsp3) is 0.500. The highest BCUT2D eigenvalue weighted by atomic mass is 19.1. The zero-order valence-corrected chi connectivity index (χ0v) is 9.15. The van der Waals surface area contributed by atoms with Crippen molar-refractivity contribution in [2.45, 2.75) is 33.6 Å². The van der Waals surface area contributed by atoms with E-state index in [-0.39, 0.29) is 5.82 Å². The average Bonchev–Trinajstić information content (AvgIpc) is 2.15. The Morgan fingerprint density at radius 1 is 1.21 bits per heavy atom. The lowest BCUT2D eigenvalue weighted by Crippen LogP contribution is -2.05. The van der Waals surface area contributed by atoms with E-state index in [1.54, 1.807) is 0 Å². The van der Waals surface area contributed by atoms with E-state index < -0.39 is 0 Å². The van der Waals surface area contributed by atoms with Crippen LogP contribution in [0.4, 0.5) is 4.39 Å². The lowest BCUT2D eigenvalue weighted by atomic mass is 9.96. The molecule has 0 aliphatic carbocycles. The van der Waals surface area contributed by atoms with Crippen LogP contribution < -0.4 is 5.73 Å². The van der Waals surface area contributed by atoms with Gasteiger partial charge in [0.1, 0.15) is 5.82 Å². The lowest BCUT2D eigenvalue weighted by Gasteiger charge is -2.12. The molecule has 0 unspecified atom stereocenters. The van der Waals surface area contributed by atoms with Crippen LogP contribution in [0.2, 0.25) is 0 Å². The maximum Gasteiger partial charge on any atom is 0.129 e. The third-order valence-electron chi connectivity index (χ3n) is 2.72. The Kier molecular flexibility index (Phi) is 3.64. The van der Waals surface area contributed by atoms with Gasteiger partial charge in [-0.25, -0.2) is 4.39 Å². The van der Waals surface area contributed by atoms with Crippen molar-refractivity contribution >= 4 is 0 Å². The third-order valence-corrected chi connectivity index (χ3v) is 2.72. The molecule has 2 N–H and O–H groups in total. The summed E-state index contributed by atoms with van der Waals surface area (Å²) < 4.78 is 13.7. The van der Waals surface area contributed by atoms with Gasteiger partial charge < -0.3 is 5.73 Å². The second kappa shape index (κ2) is 4.56. The standard InChI is InChI=1S/C12H18FN/c1-8-7-9(2)12(13)11(10(8)3)5-4-6-14/h7H,4-6,14H2,1-3H3. The highest BCUT2D eigenvalue weighted by molar-refractivity contribution is 5.38. The zero-order chi connectivity index (χ0) is 10.7. The predicted molar refractivity (Wildman–Crippen MR) is 58.0 cm³/mol. The first-order valence-corrected chi connectivity index (χ1v) is 5.03. The van der Waals surface area contributed by atoms with Gasteiger partial charge in [-0.2, -0.15) is 0 Å². The molecular weight excluding hydrogens is 177 g/mol. The molecule has 0 amide bonds. The van der Waals surface area contributed by atoms with Crippen molar-refractivity contribution in [3.63, 3.8) is 0 Å². The first kappa shape index (κ1) is 11.2. The Balaban J connectivity index is 3.11. The molecule has 1 aromatic rings. The summed E-state index contributed by atoms with van der Waals surface area (Å²) in [6, 6.07) is 1.90. The minimum Gasteiger partial charge on any atom is -0.330 e. The molecule has 0 aliphatic heterocycles. The van der Waals surface area contributed by atoms with Crippen LogP contribution in [0.3, 0.4) is 0 Å². The van der Waals surface area contributed by atoms with Crippen molar-refractivity contribution in [3.8, 4) is 0 Å². The van der Waals surface area contributed by atoms with Crippen LogP contribution in [0.25, 0.3) is 0 Å². The van der Waals surface area contributed by atoms with Crippen LogP contribution in [-0.4, -0.2) is 6.54 Å². The van der Waals surface area contributed by atoms with Crippen molar-refractivity contribution in [2.24, 2.45) is 5.73 Å². The SMILES string of the molecule is Cc1cc(C)c(F)c(CCCN)c1C. The molecule has 0 heterocycles. The van der Waals surface area contributed by atoms with Gasteiger partial charge in [-0.15, -0.1) is 0 Å². The Morgan fingerprint density at radius 2 is 1.86 bits per heavy atom. The summed E-state index contributed by atoms with van der Waals surface area (Å²) in [5.41, 5.74) is 9.24. The Labute approximate surface area is 85.1 Å². The second-order valence-corrected chi connectivity index (χ2v) is 3.82. The van der Waals surface area contributed by atoms with E-state index in [1.807, 2.05) is 26.8 Å². The van der Waals surface area contributed by atoms with Crippen LogP contribution in [0.1, 0.15) is 28.7 Å². The van der Waals surface area contributed by atoms with Gasteiger partial charge in [0, 0.05) is 0 Å². The number of nitrogens with two attached hydrogens (primary N) is 1. The van der Waals surface area contributed by atoms with E-state index >= 15 is 0 Å². The van der Waals surface area contributed by atoms with Crippen molar-refractivity contribution in [3.05, 3.63) is 34.1 Å². The lowest BCUT2D eigenvalue weighted by molar-refractivity contribution is 0.593. The molecule has 1 nitrogen and oxygen atoms in total. The molecule has 1 rings (SSSR count). The van der Waals surface area contributed by atoms with Crippen LogP contribution in [0.5, 0.6) is 0 Å². The van der Waals surface area contributed by atoms with E-state index in [0.717, 1.165) is 35.1 Å². The van der Waals surface area contributed by atoms with Crippen LogP contribution in [0.15, 0.2) is 6.07 Å². The van der Waals surface area contributed by atoms with Gasteiger partial charge in [0.15, 0.2) is 0 Å². The quantitative estimate of drug-likeness (QED) is 0.788. The number of benzene rings is 1. The largest absolute Gasteiger partial charge is 0.330 e. The predicted octanol–water partition coefficient (Wildman–Crippen LogP) is 2.64. The minimum atomic E-state index is -0.0541. The minimum absolute atomic E-state index is 0.0541. The summed E-state index contributed by atoms with van der Waals surface area (Å²) >= 11 is 0. The molecule has 78 valence electrons. The molecule has 2 heteroatoms. The normalized spacial score (nSPS) is 10.6. The molecule has 0 saturated heterocycles. The van der Waals surface area contributed by atoms with Gasteiger partial charge in [-0.1, -0.05) is 6.07 Å². The summed E-state index contributed by atoms with van der Waals surface area (Å²) in [5, 5.41) is 0. The van der Waals surface area contributed by atoms with E-state index in [4.69, 9.17) is 5.73 Å². The van der Waals surface area contributed by atoms with Crippen LogP contribution in [-0.2, 0) is 6.42 Å². The average molecular weight is 195 g/mol. The van der Waals surface area contributed by atoms with E-state index in [9.17, 15) is 4.39 Å². The van der Waals surface area contributed by atoms with Crippen molar-refractivity contribution < 1.29 is 4.39 Å². The molecule has 0 spiro atoms. The summed E-state index contributed by atoms with van der Waals surface area (Å²) in [6.45, 7) is 6.43. The van der Waals surface area contributed by atoms with Gasteiger partial charge >= 0.3 is 0 Å². The second-order valence-electron chi connectivity index (χ2n) is 3.82.